The van der Waals surface area contributed by atoms with Crippen molar-refractivity contribution in [2.45, 2.75) is 20.3 Å². The monoisotopic (exact) mass is 331 g/mol. The van der Waals surface area contributed by atoms with Crippen LogP contribution in [0.5, 0.6) is 0 Å². The van der Waals surface area contributed by atoms with Gasteiger partial charge in [0.25, 0.3) is 0 Å². The Kier molecular flexibility index (Phi) is 6.18. The third kappa shape index (κ3) is 4.03. The molecule has 0 unspecified atom stereocenters. The fourth-order valence-electron chi connectivity index (χ4n) is 2.12. The van der Waals surface area contributed by atoms with E-state index in [1.54, 1.807) is 20.9 Å². The average molecular weight is 331 g/mol. The fraction of sp³-hybridized carbons (Fsp3) is 0.533. The molecular weight excluding hydrogens is 314 g/mol. The second-order valence-electron chi connectivity index (χ2n) is 5.60. The number of amides is 2. The van der Waals surface area contributed by atoms with Crippen molar-refractivity contribution in [3.63, 3.8) is 0 Å². The Hall–Kier alpha value is -2.50. The maximum Gasteiger partial charge on any atom is 0.243 e. The summed E-state index contributed by atoms with van der Waals surface area (Å²) >= 11 is 1.06. The molecule has 7 nitrogen and oxygen atoms in total. The number of nitrogens with one attached hydrogen (secondary N) is 1. The minimum absolute atomic E-state index is 0.0377. The highest BCUT2D eigenvalue weighted by Crippen LogP contribution is 2.41. The van der Waals surface area contributed by atoms with Crippen LogP contribution in [-0.2, 0) is 9.59 Å². The quantitative estimate of drug-likeness (QED) is 0.806. The topological polar surface area (TPSA) is 121 Å². The van der Waals surface area contributed by atoms with Crippen LogP contribution in [0.3, 0.4) is 0 Å². The molecule has 0 fully saturated rings. The van der Waals surface area contributed by atoms with E-state index in [4.69, 9.17) is 10.5 Å². The second-order valence-corrected chi connectivity index (χ2v) is 6.59. The summed E-state index contributed by atoms with van der Waals surface area (Å²) in [6.45, 7) is 3.66. The summed E-state index contributed by atoms with van der Waals surface area (Å²) in [5.41, 5.74) is -0.620. The normalized spacial score (nSPS) is 19.1. The van der Waals surface area contributed by atoms with Gasteiger partial charge in [-0.15, -0.1) is 0 Å². The predicted octanol–water partition coefficient (Wildman–Crippen LogP) is 1.12. The third-order valence-corrected chi connectivity index (χ3v) is 4.64. The van der Waals surface area contributed by atoms with Gasteiger partial charge < -0.3 is 10.2 Å². The maximum absolute atomic E-state index is 12.0. The number of allylic oxidation sites excluding steroid dienone is 1. The number of nitriles is 3. The Bertz CT molecular complexity index is 663. The lowest BCUT2D eigenvalue weighted by atomic mass is 9.72. The zero-order valence-corrected chi connectivity index (χ0v) is 14.0. The van der Waals surface area contributed by atoms with Gasteiger partial charge in [-0.2, -0.15) is 15.8 Å². The van der Waals surface area contributed by atoms with Gasteiger partial charge >= 0.3 is 0 Å². The van der Waals surface area contributed by atoms with Crippen molar-refractivity contribution < 1.29 is 9.59 Å². The Morgan fingerprint density at radius 2 is 2.04 bits per heavy atom. The van der Waals surface area contributed by atoms with E-state index in [2.05, 4.69) is 5.32 Å². The molecular formula is C15H17N5O2S. The molecule has 8 heteroatoms. The second kappa shape index (κ2) is 7.67. The first-order valence-electron chi connectivity index (χ1n) is 6.88. The molecule has 1 N–H and O–H groups in total. The van der Waals surface area contributed by atoms with E-state index >= 15 is 0 Å². The van der Waals surface area contributed by atoms with Gasteiger partial charge in [-0.3, -0.25) is 9.59 Å². The summed E-state index contributed by atoms with van der Waals surface area (Å²) in [5, 5.41) is 29.9. The van der Waals surface area contributed by atoms with Crippen molar-refractivity contribution in [3.05, 3.63) is 10.6 Å². The van der Waals surface area contributed by atoms with Crippen molar-refractivity contribution in [3.8, 4) is 18.2 Å². The molecule has 1 rings (SSSR count). The van der Waals surface area contributed by atoms with Crippen molar-refractivity contribution in [2.24, 2.45) is 11.3 Å². The molecule has 2 amide bonds. The third-order valence-electron chi connectivity index (χ3n) is 3.66. The van der Waals surface area contributed by atoms with E-state index in [0.717, 1.165) is 11.8 Å². The van der Waals surface area contributed by atoms with Gasteiger partial charge in [0, 0.05) is 19.0 Å². The van der Waals surface area contributed by atoms with Gasteiger partial charge in [-0.25, -0.2) is 0 Å². The van der Waals surface area contributed by atoms with Gasteiger partial charge in [0.2, 0.25) is 11.8 Å². The van der Waals surface area contributed by atoms with Gasteiger partial charge in [0.15, 0.2) is 0 Å². The zero-order chi connectivity index (χ0) is 17.6. The lowest BCUT2D eigenvalue weighted by molar-refractivity contribution is -0.127. The summed E-state index contributed by atoms with van der Waals surface area (Å²) in [5.74, 6) is -1.58. The number of thioether (sulfide) groups is 1. The zero-order valence-electron chi connectivity index (χ0n) is 13.2. The molecule has 0 aromatic heterocycles. The van der Waals surface area contributed by atoms with Crippen LogP contribution >= 0.6 is 11.8 Å². The summed E-state index contributed by atoms with van der Waals surface area (Å²) in [7, 11) is 1.59. The lowest BCUT2D eigenvalue weighted by Gasteiger charge is -2.34. The van der Waals surface area contributed by atoms with Gasteiger partial charge in [0.1, 0.15) is 5.92 Å². The van der Waals surface area contributed by atoms with E-state index in [9.17, 15) is 14.9 Å². The Morgan fingerprint density at radius 3 is 2.57 bits per heavy atom. The van der Waals surface area contributed by atoms with Crippen LogP contribution < -0.4 is 5.32 Å². The SMILES string of the molecule is CN(CCC#N)C(=O)CSC1=C(C#N)C(C)(C)[C@H](C#N)C(=O)N1. The molecule has 120 valence electrons. The molecule has 0 saturated carbocycles. The smallest absolute Gasteiger partial charge is 0.243 e. The van der Waals surface area contributed by atoms with Crippen LogP contribution in [0, 0.1) is 45.3 Å². The van der Waals surface area contributed by atoms with Crippen LogP contribution in [0.25, 0.3) is 0 Å². The highest BCUT2D eigenvalue weighted by atomic mass is 32.2. The summed E-state index contributed by atoms with van der Waals surface area (Å²) < 4.78 is 0. The molecule has 1 aliphatic heterocycles. The van der Waals surface area contributed by atoms with Crippen LogP contribution in [0.1, 0.15) is 20.3 Å². The van der Waals surface area contributed by atoms with Crippen LogP contribution in [0.4, 0.5) is 0 Å². The predicted molar refractivity (Wildman–Crippen MR) is 84.0 cm³/mol. The van der Waals surface area contributed by atoms with E-state index < -0.39 is 17.2 Å². The maximum atomic E-state index is 12.0. The number of hydrogen-bond acceptors (Lipinski definition) is 6. The highest BCUT2D eigenvalue weighted by Gasteiger charge is 2.44. The first kappa shape index (κ1) is 18.5. The van der Waals surface area contributed by atoms with Gasteiger partial charge in [-0.1, -0.05) is 25.6 Å². The largest absolute Gasteiger partial charge is 0.344 e. The molecule has 23 heavy (non-hydrogen) atoms. The number of rotatable bonds is 5. The van der Waals surface area contributed by atoms with Crippen LogP contribution in [-0.4, -0.2) is 36.1 Å². The molecule has 0 saturated heterocycles. The van der Waals surface area contributed by atoms with Crippen molar-refractivity contribution in [1.29, 1.82) is 15.8 Å². The average Bonchev–Trinajstić information content (AvgIpc) is 2.49. The summed E-state index contributed by atoms with van der Waals surface area (Å²) in [6.07, 6.45) is 0.243. The highest BCUT2D eigenvalue weighted by molar-refractivity contribution is 8.03. The van der Waals surface area contributed by atoms with Gasteiger partial charge in [-0.05, 0) is 0 Å². The molecule has 0 aromatic carbocycles. The van der Waals surface area contributed by atoms with Crippen molar-refractivity contribution >= 4 is 23.6 Å². The minimum Gasteiger partial charge on any atom is -0.344 e. The Morgan fingerprint density at radius 1 is 1.39 bits per heavy atom. The Labute approximate surface area is 139 Å². The molecule has 0 aliphatic carbocycles. The number of nitrogens with zero attached hydrogens (tertiary/aromatic N) is 4. The summed E-state index contributed by atoms with van der Waals surface area (Å²) in [4.78, 5) is 25.4. The molecule has 1 aliphatic rings. The minimum atomic E-state index is -0.949. The van der Waals surface area contributed by atoms with E-state index in [1.165, 1.54) is 4.90 Å². The Balaban J connectivity index is 2.91. The fourth-order valence-corrected chi connectivity index (χ4v) is 3.23. The molecule has 0 bridgehead atoms. The van der Waals surface area contributed by atoms with Crippen LogP contribution in [0.15, 0.2) is 10.6 Å². The van der Waals surface area contributed by atoms with Crippen molar-refractivity contribution in [2.75, 3.05) is 19.3 Å². The van der Waals surface area contributed by atoms with Crippen LogP contribution in [0.2, 0.25) is 0 Å². The van der Waals surface area contributed by atoms with E-state index in [1.807, 2.05) is 18.2 Å². The molecule has 1 atom stereocenters. The lowest BCUT2D eigenvalue weighted by Crippen LogP contribution is -2.44. The van der Waals surface area contributed by atoms with E-state index in [0.29, 0.717) is 17.1 Å². The number of carbonyl (C=O) groups is 2. The van der Waals surface area contributed by atoms with Crippen molar-refractivity contribution in [1.82, 2.24) is 10.2 Å². The first-order valence-corrected chi connectivity index (χ1v) is 7.87. The number of hydrogen-bond donors (Lipinski definition) is 1. The van der Waals surface area contributed by atoms with Gasteiger partial charge in [0.05, 0.1) is 41.0 Å². The number of carbonyl (C=O) groups excluding carboxylic acids is 2. The van der Waals surface area contributed by atoms with E-state index in [-0.39, 0.29) is 18.1 Å². The standard InChI is InChI=1S/C15H17N5O2S/c1-15(2)10(7-17)13(22)19-14(11(15)8-18)23-9-12(21)20(3)6-4-5-16/h10H,4,6,9H2,1-3H3,(H,19,22)/t10-/m1/s1. The molecule has 1 heterocycles. The summed E-state index contributed by atoms with van der Waals surface area (Å²) in [6, 6.07) is 5.93. The molecule has 0 spiro atoms. The molecule has 0 radical (unpaired) electrons. The first-order chi connectivity index (χ1) is 10.8. The molecule has 0 aromatic rings.